The molecule has 0 unspecified atom stereocenters. The minimum atomic E-state index is -0.215. The molecule has 1 N–H and O–H groups in total. The highest BCUT2D eigenvalue weighted by molar-refractivity contribution is 5.90. The van der Waals surface area contributed by atoms with E-state index in [0.717, 1.165) is 16.6 Å². The van der Waals surface area contributed by atoms with E-state index in [-0.39, 0.29) is 5.60 Å². The summed E-state index contributed by atoms with van der Waals surface area (Å²) in [6.45, 7) is 7.52. The number of benzene rings is 1. The van der Waals surface area contributed by atoms with E-state index in [1.165, 1.54) is 0 Å². The SMILES string of the molecule is CCOC(C)(C)CNc1nncc2ccccc12. The predicted molar refractivity (Wildman–Crippen MR) is 73.7 cm³/mol. The first-order valence-electron chi connectivity index (χ1n) is 6.20. The van der Waals surface area contributed by atoms with Crippen molar-refractivity contribution in [1.82, 2.24) is 10.2 Å². The number of nitrogens with one attached hydrogen (secondary N) is 1. The van der Waals surface area contributed by atoms with E-state index in [4.69, 9.17) is 4.74 Å². The van der Waals surface area contributed by atoms with Gasteiger partial charge in [-0.3, -0.25) is 0 Å². The van der Waals surface area contributed by atoms with Crippen LogP contribution in [-0.2, 0) is 4.74 Å². The lowest BCUT2D eigenvalue weighted by atomic mass is 10.1. The summed E-state index contributed by atoms with van der Waals surface area (Å²) in [5.74, 6) is 0.806. The fourth-order valence-corrected chi connectivity index (χ4v) is 1.90. The van der Waals surface area contributed by atoms with E-state index in [1.54, 1.807) is 6.20 Å². The zero-order valence-corrected chi connectivity index (χ0v) is 11.1. The molecule has 0 bridgehead atoms. The molecule has 0 aliphatic heterocycles. The van der Waals surface area contributed by atoms with E-state index in [1.807, 2.05) is 31.2 Å². The highest BCUT2D eigenvalue weighted by Crippen LogP contribution is 2.20. The molecule has 1 aromatic heterocycles. The standard InChI is InChI=1S/C14H19N3O/c1-4-18-14(2,3)10-15-13-12-8-6-5-7-11(12)9-16-17-13/h5-9H,4,10H2,1-3H3,(H,15,17). The first-order chi connectivity index (χ1) is 8.62. The molecule has 4 nitrogen and oxygen atoms in total. The molecule has 1 heterocycles. The molecular weight excluding hydrogens is 226 g/mol. The Kier molecular flexibility index (Phi) is 3.77. The number of hydrogen-bond acceptors (Lipinski definition) is 4. The molecule has 4 heteroatoms. The summed E-state index contributed by atoms with van der Waals surface area (Å²) >= 11 is 0. The summed E-state index contributed by atoms with van der Waals surface area (Å²) < 4.78 is 5.65. The van der Waals surface area contributed by atoms with Gasteiger partial charge in [-0.2, -0.15) is 5.10 Å². The summed E-state index contributed by atoms with van der Waals surface area (Å²) in [6, 6.07) is 8.07. The van der Waals surface area contributed by atoms with E-state index < -0.39 is 0 Å². The Bertz CT molecular complexity index is 520. The highest BCUT2D eigenvalue weighted by Gasteiger charge is 2.17. The lowest BCUT2D eigenvalue weighted by molar-refractivity contribution is 0.000655. The van der Waals surface area contributed by atoms with Crippen LogP contribution < -0.4 is 5.32 Å². The normalized spacial score (nSPS) is 11.7. The van der Waals surface area contributed by atoms with Gasteiger partial charge in [0.25, 0.3) is 0 Å². The molecule has 96 valence electrons. The van der Waals surface area contributed by atoms with Crippen molar-refractivity contribution in [2.45, 2.75) is 26.4 Å². The molecule has 0 spiro atoms. The van der Waals surface area contributed by atoms with Gasteiger partial charge >= 0.3 is 0 Å². The van der Waals surface area contributed by atoms with Crippen LogP contribution in [0.2, 0.25) is 0 Å². The number of anilines is 1. The molecule has 0 aliphatic rings. The summed E-state index contributed by atoms with van der Waals surface area (Å²) in [4.78, 5) is 0. The number of hydrogen-bond donors (Lipinski definition) is 1. The molecule has 18 heavy (non-hydrogen) atoms. The van der Waals surface area contributed by atoms with Crippen LogP contribution in [0, 0.1) is 0 Å². The smallest absolute Gasteiger partial charge is 0.156 e. The molecule has 0 saturated heterocycles. The van der Waals surface area contributed by atoms with Gasteiger partial charge in [-0.15, -0.1) is 5.10 Å². The zero-order chi connectivity index (χ0) is 13.0. The summed E-state index contributed by atoms with van der Waals surface area (Å²) in [6.07, 6.45) is 1.77. The van der Waals surface area contributed by atoms with Gasteiger partial charge < -0.3 is 10.1 Å². The predicted octanol–water partition coefficient (Wildman–Crippen LogP) is 2.86. The van der Waals surface area contributed by atoms with Gasteiger partial charge in [-0.1, -0.05) is 24.3 Å². The minimum absolute atomic E-state index is 0.215. The quantitative estimate of drug-likeness (QED) is 0.880. The van der Waals surface area contributed by atoms with Crippen molar-refractivity contribution >= 4 is 16.6 Å². The lowest BCUT2D eigenvalue weighted by Crippen LogP contribution is -2.33. The Hall–Kier alpha value is -1.68. The van der Waals surface area contributed by atoms with Crippen molar-refractivity contribution in [3.05, 3.63) is 30.5 Å². The van der Waals surface area contributed by atoms with Gasteiger partial charge in [0.05, 0.1) is 11.8 Å². The lowest BCUT2D eigenvalue weighted by Gasteiger charge is -2.25. The van der Waals surface area contributed by atoms with Crippen molar-refractivity contribution in [2.75, 3.05) is 18.5 Å². The van der Waals surface area contributed by atoms with Crippen molar-refractivity contribution in [3.63, 3.8) is 0 Å². The maximum Gasteiger partial charge on any atom is 0.156 e. The van der Waals surface area contributed by atoms with Crippen LogP contribution in [0.1, 0.15) is 20.8 Å². The largest absolute Gasteiger partial charge is 0.374 e. The van der Waals surface area contributed by atoms with Crippen LogP contribution in [0.15, 0.2) is 30.5 Å². The van der Waals surface area contributed by atoms with Gasteiger partial charge in [0.1, 0.15) is 0 Å². The van der Waals surface area contributed by atoms with Crippen LogP contribution >= 0.6 is 0 Å². The monoisotopic (exact) mass is 245 g/mol. The first-order valence-corrected chi connectivity index (χ1v) is 6.20. The Morgan fingerprint density at radius 1 is 1.28 bits per heavy atom. The summed E-state index contributed by atoms with van der Waals surface area (Å²) in [5, 5.41) is 13.6. The molecule has 0 radical (unpaired) electrons. The van der Waals surface area contributed by atoms with Gasteiger partial charge in [0, 0.05) is 23.9 Å². The molecule has 0 atom stereocenters. The third-order valence-corrected chi connectivity index (χ3v) is 2.79. The summed E-state index contributed by atoms with van der Waals surface area (Å²) in [7, 11) is 0. The van der Waals surface area contributed by atoms with Gasteiger partial charge in [-0.05, 0) is 20.8 Å². The van der Waals surface area contributed by atoms with E-state index in [0.29, 0.717) is 13.2 Å². The number of rotatable bonds is 5. The van der Waals surface area contributed by atoms with Crippen LogP contribution in [0.3, 0.4) is 0 Å². The van der Waals surface area contributed by atoms with Crippen LogP contribution in [0.5, 0.6) is 0 Å². The van der Waals surface area contributed by atoms with Crippen molar-refractivity contribution < 1.29 is 4.74 Å². The topological polar surface area (TPSA) is 47.0 Å². The average molecular weight is 245 g/mol. The molecule has 2 rings (SSSR count). The summed E-state index contributed by atoms with van der Waals surface area (Å²) in [5.41, 5.74) is -0.215. The number of aromatic nitrogens is 2. The van der Waals surface area contributed by atoms with Gasteiger partial charge in [0.2, 0.25) is 0 Å². The minimum Gasteiger partial charge on any atom is -0.374 e. The number of fused-ring (bicyclic) bond motifs is 1. The molecule has 0 fully saturated rings. The van der Waals surface area contributed by atoms with E-state index in [9.17, 15) is 0 Å². The Balaban J connectivity index is 2.17. The maximum absolute atomic E-state index is 5.65. The van der Waals surface area contributed by atoms with Crippen LogP contribution in [0.4, 0.5) is 5.82 Å². The molecule has 0 saturated carbocycles. The second-order valence-electron chi connectivity index (χ2n) is 4.83. The van der Waals surface area contributed by atoms with Gasteiger partial charge in [-0.25, -0.2) is 0 Å². The van der Waals surface area contributed by atoms with Crippen molar-refractivity contribution in [1.29, 1.82) is 0 Å². The first kappa shape index (κ1) is 12.8. The second-order valence-corrected chi connectivity index (χ2v) is 4.83. The van der Waals surface area contributed by atoms with E-state index >= 15 is 0 Å². The fraction of sp³-hybridized carbons (Fsp3) is 0.429. The number of nitrogens with zero attached hydrogens (tertiary/aromatic N) is 2. The second kappa shape index (κ2) is 5.31. The number of ether oxygens (including phenoxy) is 1. The van der Waals surface area contributed by atoms with Gasteiger partial charge in [0.15, 0.2) is 5.82 Å². The third kappa shape index (κ3) is 2.96. The van der Waals surface area contributed by atoms with Crippen molar-refractivity contribution in [3.8, 4) is 0 Å². The molecule has 2 aromatic rings. The molecule has 1 aromatic carbocycles. The average Bonchev–Trinajstić information content (AvgIpc) is 2.36. The maximum atomic E-state index is 5.65. The molecule has 0 aliphatic carbocycles. The Morgan fingerprint density at radius 2 is 2.06 bits per heavy atom. The molecule has 0 amide bonds. The van der Waals surface area contributed by atoms with Crippen molar-refractivity contribution in [2.24, 2.45) is 0 Å². The highest BCUT2D eigenvalue weighted by atomic mass is 16.5. The molecular formula is C14H19N3O. The Labute approximate surface area is 107 Å². The van der Waals surface area contributed by atoms with E-state index in [2.05, 4.69) is 29.4 Å². The fourth-order valence-electron chi connectivity index (χ4n) is 1.90. The Morgan fingerprint density at radius 3 is 2.83 bits per heavy atom. The van der Waals surface area contributed by atoms with Crippen LogP contribution in [-0.4, -0.2) is 29.0 Å². The zero-order valence-electron chi connectivity index (χ0n) is 11.1. The van der Waals surface area contributed by atoms with Crippen LogP contribution in [0.25, 0.3) is 10.8 Å². The third-order valence-electron chi connectivity index (χ3n) is 2.79.